The fourth-order valence-corrected chi connectivity index (χ4v) is 4.16. The average Bonchev–Trinajstić information content (AvgIpc) is 3.19. The molecule has 1 aliphatic rings. The zero-order valence-corrected chi connectivity index (χ0v) is 16.0. The number of amides is 1. The van der Waals surface area contributed by atoms with Gasteiger partial charge in [-0.05, 0) is 42.0 Å². The smallest absolute Gasteiger partial charge is 0.264 e. The number of aromatic nitrogens is 1. The van der Waals surface area contributed by atoms with Crippen LogP contribution in [0.3, 0.4) is 0 Å². The van der Waals surface area contributed by atoms with Gasteiger partial charge in [-0.15, -0.1) is 11.3 Å². The minimum absolute atomic E-state index is 0.0390. The Kier molecular flexibility index (Phi) is 5.09. The molecule has 1 aliphatic heterocycles. The van der Waals surface area contributed by atoms with Crippen LogP contribution >= 0.6 is 22.9 Å². The number of carbonyl (C=O) groups excluding carboxylic acids is 1. The van der Waals surface area contributed by atoms with Crippen molar-refractivity contribution >= 4 is 34.7 Å². The molecule has 0 N–H and O–H groups in total. The number of thiophene rings is 1. The van der Waals surface area contributed by atoms with Crippen LogP contribution < -0.4 is 4.90 Å². The third-order valence-electron chi connectivity index (χ3n) is 4.55. The summed E-state index contributed by atoms with van der Waals surface area (Å²) in [6.45, 7) is 2.76. The number of piperazine rings is 1. The number of rotatable bonds is 3. The van der Waals surface area contributed by atoms with Gasteiger partial charge in [0, 0.05) is 37.3 Å². The Balaban J connectivity index is 1.41. The van der Waals surface area contributed by atoms with Crippen molar-refractivity contribution in [1.29, 1.82) is 0 Å². The Morgan fingerprint density at radius 3 is 2.41 bits per heavy atom. The van der Waals surface area contributed by atoms with Crippen LogP contribution in [0.15, 0.2) is 54.7 Å². The highest BCUT2D eigenvalue weighted by molar-refractivity contribution is 7.17. The summed E-state index contributed by atoms with van der Waals surface area (Å²) in [6, 6.07) is 13.8. The first-order valence-corrected chi connectivity index (χ1v) is 9.81. The van der Waals surface area contributed by atoms with Crippen molar-refractivity contribution in [3.8, 4) is 10.4 Å². The van der Waals surface area contributed by atoms with E-state index in [9.17, 15) is 9.18 Å². The lowest BCUT2D eigenvalue weighted by molar-refractivity contribution is 0.0751. The molecule has 2 aromatic heterocycles. The number of benzene rings is 1. The summed E-state index contributed by atoms with van der Waals surface area (Å²) in [5, 5.41) is 0.613. The van der Waals surface area contributed by atoms with Gasteiger partial charge in [-0.2, -0.15) is 0 Å². The molecule has 7 heteroatoms. The van der Waals surface area contributed by atoms with E-state index in [2.05, 4.69) is 9.88 Å². The molecule has 0 aliphatic carbocycles. The monoisotopic (exact) mass is 401 g/mol. The molecular formula is C20H17ClFN3OS. The van der Waals surface area contributed by atoms with Crippen molar-refractivity contribution in [2.24, 2.45) is 0 Å². The maximum absolute atomic E-state index is 13.1. The maximum Gasteiger partial charge on any atom is 0.264 e. The van der Waals surface area contributed by atoms with Gasteiger partial charge in [0.1, 0.15) is 11.6 Å². The third kappa shape index (κ3) is 3.96. The van der Waals surface area contributed by atoms with E-state index in [0.29, 0.717) is 23.0 Å². The van der Waals surface area contributed by atoms with Crippen molar-refractivity contribution < 1.29 is 9.18 Å². The van der Waals surface area contributed by atoms with E-state index in [0.717, 1.165) is 29.3 Å². The molecule has 1 saturated heterocycles. The number of carbonyl (C=O) groups is 1. The zero-order valence-electron chi connectivity index (χ0n) is 14.4. The lowest BCUT2D eigenvalue weighted by atomic mass is 10.2. The fraction of sp³-hybridized carbons (Fsp3) is 0.200. The standard InChI is InChI=1S/C20H17ClFN3OS/c21-15-3-8-19(23-13-15)24-9-11-25(12-10-24)20(26)18-7-6-17(27-18)14-1-4-16(22)5-2-14/h1-8,13H,9-12H2. The highest BCUT2D eigenvalue weighted by Gasteiger charge is 2.24. The van der Waals surface area contributed by atoms with Gasteiger partial charge in [-0.25, -0.2) is 9.37 Å². The highest BCUT2D eigenvalue weighted by atomic mass is 35.5. The molecule has 0 bridgehead atoms. The number of hydrogen-bond donors (Lipinski definition) is 0. The Morgan fingerprint density at radius 1 is 1.00 bits per heavy atom. The number of halogens is 2. The number of hydrogen-bond acceptors (Lipinski definition) is 4. The summed E-state index contributed by atoms with van der Waals surface area (Å²) in [6.07, 6.45) is 1.64. The molecule has 138 valence electrons. The molecule has 4 rings (SSSR count). The van der Waals surface area contributed by atoms with Crippen LogP contribution in [0.2, 0.25) is 5.02 Å². The van der Waals surface area contributed by atoms with Gasteiger partial charge in [0.25, 0.3) is 5.91 Å². The topological polar surface area (TPSA) is 36.4 Å². The summed E-state index contributed by atoms with van der Waals surface area (Å²) in [5.74, 6) is 0.651. The van der Waals surface area contributed by atoms with E-state index in [4.69, 9.17) is 11.6 Å². The summed E-state index contributed by atoms with van der Waals surface area (Å²) in [4.78, 5) is 22.8. The van der Waals surface area contributed by atoms with Crippen molar-refractivity contribution in [2.75, 3.05) is 31.1 Å². The van der Waals surface area contributed by atoms with Gasteiger partial charge in [0.15, 0.2) is 0 Å². The number of pyridine rings is 1. The minimum atomic E-state index is -0.264. The van der Waals surface area contributed by atoms with Crippen LogP contribution in [0.1, 0.15) is 9.67 Å². The average molecular weight is 402 g/mol. The van der Waals surface area contributed by atoms with E-state index < -0.39 is 0 Å². The molecular weight excluding hydrogens is 385 g/mol. The Hall–Kier alpha value is -2.44. The van der Waals surface area contributed by atoms with Crippen LogP contribution in [0.4, 0.5) is 10.2 Å². The van der Waals surface area contributed by atoms with Crippen LogP contribution in [0, 0.1) is 5.82 Å². The Labute approximate surface area is 165 Å². The van der Waals surface area contributed by atoms with Gasteiger partial charge < -0.3 is 9.80 Å². The van der Waals surface area contributed by atoms with E-state index in [-0.39, 0.29) is 11.7 Å². The highest BCUT2D eigenvalue weighted by Crippen LogP contribution is 2.29. The lowest BCUT2D eigenvalue weighted by Gasteiger charge is -2.35. The van der Waals surface area contributed by atoms with Crippen LogP contribution in [-0.4, -0.2) is 42.0 Å². The number of anilines is 1. The third-order valence-corrected chi connectivity index (χ3v) is 5.89. The quantitative estimate of drug-likeness (QED) is 0.645. The van der Waals surface area contributed by atoms with Crippen molar-refractivity contribution in [3.05, 3.63) is 70.4 Å². The van der Waals surface area contributed by atoms with Gasteiger partial charge in [-0.3, -0.25) is 4.79 Å². The molecule has 0 unspecified atom stereocenters. The molecule has 1 fully saturated rings. The molecule has 3 aromatic rings. The van der Waals surface area contributed by atoms with Crippen LogP contribution in [0.25, 0.3) is 10.4 Å². The maximum atomic E-state index is 13.1. The second-order valence-electron chi connectivity index (χ2n) is 6.28. The van der Waals surface area contributed by atoms with Crippen molar-refractivity contribution in [3.63, 3.8) is 0 Å². The molecule has 0 radical (unpaired) electrons. The first-order chi connectivity index (χ1) is 13.1. The molecule has 27 heavy (non-hydrogen) atoms. The normalized spacial score (nSPS) is 14.4. The summed E-state index contributed by atoms with van der Waals surface area (Å²) < 4.78 is 13.1. The largest absolute Gasteiger partial charge is 0.353 e. The van der Waals surface area contributed by atoms with E-state index in [1.165, 1.54) is 23.5 Å². The predicted molar refractivity (Wildman–Crippen MR) is 107 cm³/mol. The molecule has 4 nitrogen and oxygen atoms in total. The van der Waals surface area contributed by atoms with Crippen LogP contribution in [0.5, 0.6) is 0 Å². The van der Waals surface area contributed by atoms with Gasteiger partial charge in [-0.1, -0.05) is 23.7 Å². The minimum Gasteiger partial charge on any atom is -0.353 e. The van der Waals surface area contributed by atoms with Crippen LogP contribution in [-0.2, 0) is 0 Å². The van der Waals surface area contributed by atoms with Gasteiger partial charge in [0.2, 0.25) is 0 Å². The fourth-order valence-electron chi connectivity index (χ4n) is 3.07. The molecule has 1 amide bonds. The first-order valence-electron chi connectivity index (χ1n) is 8.62. The summed E-state index contributed by atoms with van der Waals surface area (Å²) >= 11 is 7.32. The molecule has 0 spiro atoms. The Bertz CT molecular complexity index is 935. The van der Waals surface area contributed by atoms with E-state index >= 15 is 0 Å². The second kappa shape index (κ2) is 7.66. The molecule has 1 aromatic carbocycles. The number of nitrogens with zero attached hydrogens (tertiary/aromatic N) is 3. The van der Waals surface area contributed by atoms with Gasteiger partial charge >= 0.3 is 0 Å². The van der Waals surface area contributed by atoms with Crippen molar-refractivity contribution in [2.45, 2.75) is 0 Å². The molecule has 0 saturated carbocycles. The first kappa shape index (κ1) is 17.9. The predicted octanol–water partition coefficient (Wildman–Crippen LogP) is 4.57. The summed E-state index contributed by atoms with van der Waals surface area (Å²) in [5.41, 5.74) is 0.916. The second-order valence-corrected chi connectivity index (χ2v) is 7.80. The molecule has 3 heterocycles. The van der Waals surface area contributed by atoms with E-state index in [1.54, 1.807) is 18.3 Å². The van der Waals surface area contributed by atoms with Crippen molar-refractivity contribution in [1.82, 2.24) is 9.88 Å². The van der Waals surface area contributed by atoms with Gasteiger partial charge in [0.05, 0.1) is 9.90 Å². The summed E-state index contributed by atoms with van der Waals surface area (Å²) in [7, 11) is 0. The zero-order chi connectivity index (χ0) is 18.8. The molecule has 0 atom stereocenters. The van der Waals surface area contributed by atoms with E-state index in [1.807, 2.05) is 29.2 Å². The Morgan fingerprint density at radius 2 is 1.74 bits per heavy atom. The SMILES string of the molecule is O=C(c1ccc(-c2ccc(F)cc2)s1)N1CCN(c2ccc(Cl)cn2)CC1. The lowest BCUT2D eigenvalue weighted by Crippen LogP contribution is -2.48.